The van der Waals surface area contributed by atoms with E-state index in [9.17, 15) is 4.79 Å². The summed E-state index contributed by atoms with van der Waals surface area (Å²) in [6.07, 6.45) is 0. The fraction of sp³-hybridized carbons (Fsp3) is 0. The van der Waals surface area contributed by atoms with Crippen LogP contribution in [0.5, 0.6) is 0 Å². The van der Waals surface area contributed by atoms with E-state index in [-0.39, 0.29) is 58.6 Å². The Morgan fingerprint density at radius 3 is 1.65 bits per heavy atom. The average molecular weight is 405 g/mol. The van der Waals surface area contributed by atoms with Gasteiger partial charge in [0.1, 0.15) is 0 Å². The van der Waals surface area contributed by atoms with Crippen molar-refractivity contribution in [2.45, 2.75) is 0 Å². The van der Waals surface area contributed by atoms with Crippen molar-refractivity contribution in [1.82, 2.24) is 0 Å². The van der Waals surface area contributed by atoms with E-state index in [1.807, 2.05) is 30.3 Å². The van der Waals surface area contributed by atoms with Crippen molar-refractivity contribution >= 4 is 31.8 Å². The van der Waals surface area contributed by atoms with Gasteiger partial charge in [0.05, 0.1) is 0 Å². The summed E-state index contributed by atoms with van der Waals surface area (Å²) in [5.74, 6) is -0.899. The van der Waals surface area contributed by atoms with Gasteiger partial charge in [0.2, 0.25) is 0 Å². The standard InChI is InChI=1S/C7H5O2.C6H5.In.Y.3H/c8-7(9)6-4-2-1-3-5-6;1-2-4-6-5-3-1;;;;;/h2-5H,(H,8,9);1-5H;;;;;/q2*-1;;;;;. The van der Waals surface area contributed by atoms with Crippen LogP contribution in [-0.4, -0.2) is 36.9 Å². The smallest absolute Gasteiger partial charge is 0 e. The molecule has 0 atom stereocenters. The predicted octanol–water partition coefficient (Wildman–Crippen LogP) is 1.49. The average Bonchev–Trinajstić information content (AvgIpc) is 2.33. The first-order valence-corrected chi connectivity index (χ1v) is 4.41. The molecule has 0 bridgehead atoms. The second-order valence-corrected chi connectivity index (χ2v) is 2.67. The van der Waals surface area contributed by atoms with Crippen LogP contribution in [-0.2, 0) is 32.7 Å². The molecule has 0 aliphatic carbocycles. The first kappa shape index (κ1) is 19.2. The number of rotatable bonds is 1. The van der Waals surface area contributed by atoms with Gasteiger partial charge in [-0.1, -0.05) is 0 Å². The molecular weight excluding hydrogens is 392 g/mol. The van der Waals surface area contributed by atoms with Crippen LogP contribution < -0.4 is 0 Å². The molecule has 2 rings (SSSR count). The molecular formula is C13H13InO2Y-2. The second-order valence-electron chi connectivity index (χ2n) is 2.67. The van der Waals surface area contributed by atoms with Gasteiger partial charge in [0, 0.05) is 32.7 Å². The summed E-state index contributed by atoms with van der Waals surface area (Å²) in [5, 5.41) is 8.37. The molecule has 0 aliphatic rings. The number of carboxylic acids is 1. The third kappa shape index (κ3) is 9.57. The Bertz CT molecular complexity index is 366. The molecule has 0 aromatic heterocycles. The Labute approximate surface area is 145 Å². The monoisotopic (exact) mass is 405 g/mol. The van der Waals surface area contributed by atoms with Crippen LogP contribution in [0.1, 0.15) is 10.4 Å². The van der Waals surface area contributed by atoms with E-state index < -0.39 is 5.97 Å². The number of hydrogen-bond donors (Lipinski definition) is 1. The van der Waals surface area contributed by atoms with Crippen LogP contribution in [0.15, 0.2) is 54.6 Å². The quantitative estimate of drug-likeness (QED) is 0.731. The minimum absolute atomic E-state index is 0. The Balaban J connectivity index is 0. The van der Waals surface area contributed by atoms with Crippen LogP contribution in [0.3, 0.4) is 0 Å². The third-order valence-electron chi connectivity index (χ3n) is 1.57. The van der Waals surface area contributed by atoms with Crippen molar-refractivity contribution < 1.29 is 42.6 Å². The van der Waals surface area contributed by atoms with Gasteiger partial charge in [0.15, 0.2) is 0 Å². The fourth-order valence-electron chi connectivity index (χ4n) is 0.871. The Kier molecular flexibility index (Phi) is 14.0. The van der Waals surface area contributed by atoms with Gasteiger partial charge in [-0.3, -0.25) is 0 Å². The third-order valence-corrected chi connectivity index (χ3v) is 1.57. The van der Waals surface area contributed by atoms with Crippen LogP contribution in [0.2, 0.25) is 0 Å². The molecule has 17 heavy (non-hydrogen) atoms. The van der Waals surface area contributed by atoms with Crippen LogP contribution in [0, 0.1) is 12.1 Å². The van der Waals surface area contributed by atoms with Crippen molar-refractivity contribution in [2.24, 2.45) is 0 Å². The molecule has 2 nitrogen and oxygen atoms in total. The molecule has 0 aliphatic heterocycles. The number of carbonyl (C=O) groups is 1. The van der Waals surface area contributed by atoms with Gasteiger partial charge in [-0.25, -0.2) is 4.79 Å². The maximum atomic E-state index is 10.2. The fourth-order valence-corrected chi connectivity index (χ4v) is 0.871. The van der Waals surface area contributed by atoms with Gasteiger partial charge in [-0.05, 0) is 5.56 Å². The first-order chi connectivity index (χ1) is 7.30. The summed E-state index contributed by atoms with van der Waals surface area (Å²) in [6, 6.07) is 21.4. The zero-order valence-electron chi connectivity index (χ0n) is 8.63. The van der Waals surface area contributed by atoms with Gasteiger partial charge in [-0.15, -0.1) is 0 Å². The normalized spacial score (nSPS) is 7.53. The van der Waals surface area contributed by atoms with E-state index >= 15 is 0 Å². The SMILES string of the molecule is O=C(O)c1cc[c-]cc1.[InH3].[Y].[c-]1ccccc1. The van der Waals surface area contributed by atoms with Crippen molar-refractivity contribution in [2.75, 3.05) is 0 Å². The van der Waals surface area contributed by atoms with E-state index in [1.165, 1.54) is 12.1 Å². The molecule has 0 amide bonds. The van der Waals surface area contributed by atoms with Crippen LogP contribution in [0.25, 0.3) is 0 Å². The summed E-state index contributed by atoms with van der Waals surface area (Å²) in [4.78, 5) is 10.2. The molecule has 0 unspecified atom stereocenters. The molecule has 0 spiro atoms. The van der Waals surface area contributed by atoms with Crippen LogP contribution >= 0.6 is 0 Å². The zero-order valence-corrected chi connectivity index (χ0v) is 11.5. The number of aromatic carboxylic acids is 1. The van der Waals surface area contributed by atoms with E-state index in [0.717, 1.165) is 0 Å². The van der Waals surface area contributed by atoms with E-state index in [2.05, 4.69) is 12.1 Å². The van der Waals surface area contributed by atoms with Crippen molar-refractivity contribution in [3.8, 4) is 0 Å². The van der Waals surface area contributed by atoms with E-state index in [1.54, 1.807) is 12.1 Å². The summed E-state index contributed by atoms with van der Waals surface area (Å²) < 4.78 is 0. The topological polar surface area (TPSA) is 37.3 Å². The molecule has 0 fully saturated rings. The maximum absolute atomic E-state index is 10.2. The summed E-state index contributed by atoms with van der Waals surface area (Å²) in [7, 11) is 0. The van der Waals surface area contributed by atoms with E-state index in [0.29, 0.717) is 5.56 Å². The number of carboxylic acid groups (broad SMARTS) is 1. The van der Waals surface area contributed by atoms with Crippen molar-refractivity contribution in [3.05, 3.63) is 72.3 Å². The molecule has 4 heteroatoms. The molecule has 0 saturated heterocycles. The Hall–Kier alpha value is -0.116. The van der Waals surface area contributed by atoms with Crippen molar-refractivity contribution in [3.63, 3.8) is 0 Å². The molecule has 0 saturated carbocycles. The Morgan fingerprint density at radius 2 is 1.41 bits per heavy atom. The molecule has 0 heterocycles. The van der Waals surface area contributed by atoms with Crippen molar-refractivity contribution in [1.29, 1.82) is 0 Å². The summed E-state index contributed by atoms with van der Waals surface area (Å²) in [5.41, 5.74) is 0.300. The van der Waals surface area contributed by atoms with Gasteiger partial charge < -0.3 is 5.11 Å². The van der Waals surface area contributed by atoms with Gasteiger partial charge in [0.25, 0.3) is 0 Å². The molecule has 2 aromatic rings. The van der Waals surface area contributed by atoms with Gasteiger partial charge >= 0.3 is 31.8 Å². The summed E-state index contributed by atoms with van der Waals surface area (Å²) in [6.45, 7) is 0. The molecule has 1 N–H and O–H groups in total. The number of benzene rings is 2. The second kappa shape index (κ2) is 12.3. The van der Waals surface area contributed by atoms with Gasteiger partial charge in [-0.2, -0.15) is 66.7 Å². The summed E-state index contributed by atoms with van der Waals surface area (Å²) >= 11 is 0. The molecule has 85 valence electrons. The minimum atomic E-state index is -0.899. The maximum Gasteiger partial charge on any atom is 0 e. The minimum Gasteiger partial charge on any atom is -0.184 e. The molecule has 1 radical (unpaired) electrons. The first-order valence-electron chi connectivity index (χ1n) is 4.41. The molecule has 2 aromatic carbocycles. The largest absolute Gasteiger partial charge is 0.184 e. The zero-order chi connectivity index (χ0) is 10.9. The predicted molar refractivity (Wildman–Crippen MR) is 67.5 cm³/mol. The van der Waals surface area contributed by atoms with E-state index in [4.69, 9.17) is 5.11 Å². The Morgan fingerprint density at radius 1 is 0.941 bits per heavy atom. The number of hydrogen-bond acceptors (Lipinski definition) is 1. The van der Waals surface area contributed by atoms with Crippen LogP contribution in [0.4, 0.5) is 0 Å².